The number of likely N-dealkylation sites (tertiary alicyclic amines) is 1. The van der Waals surface area contributed by atoms with E-state index in [9.17, 15) is 4.79 Å². The van der Waals surface area contributed by atoms with E-state index in [1.165, 1.54) is 12.8 Å². The van der Waals surface area contributed by atoms with Crippen molar-refractivity contribution >= 4 is 5.91 Å². The van der Waals surface area contributed by atoms with E-state index in [0.29, 0.717) is 17.9 Å². The van der Waals surface area contributed by atoms with Crippen molar-refractivity contribution in [2.24, 2.45) is 11.8 Å². The zero-order valence-electron chi connectivity index (χ0n) is 10.5. The summed E-state index contributed by atoms with van der Waals surface area (Å²) >= 11 is 0. The standard InChI is InChI=1S/C13H24N2O/c1-3-10(4-2)13(16)15-7-5-6-11-8-14-9-12(11)15/h10-12,14H,3-9H2,1-2H3. The number of carbonyl (C=O) groups is 1. The lowest BCUT2D eigenvalue weighted by Crippen LogP contribution is -2.50. The van der Waals surface area contributed by atoms with Crippen molar-refractivity contribution in [3.63, 3.8) is 0 Å². The number of carbonyl (C=O) groups excluding carboxylic acids is 1. The lowest BCUT2D eigenvalue weighted by Gasteiger charge is -2.38. The monoisotopic (exact) mass is 224 g/mol. The molecule has 2 fully saturated rings. The molecule has 2 rings (SSSR count). The molecule has 3 heteroatoms. The average Bonchev–Trinajstić information content (AvgIpc) is 2.78. The first-order valence-corrected chi connectivity index (χ1v) is 6.79. The van der Waals surface area contributed by atoms with Crippen LogP contribution in [0.3, 0.4) is 0 Å². The summed E-state index contributed by atoms with van der Waals surface area (Å²) in [6.45, 7) is 7.35. The van der Waals surface area contributed by atoms with Gasteiger partial charge in [0.1, 0.15) is 0 Å². The van der Waals surface area contributed by atoms with Crippen LogP contribution >= 0.6 is 0 Å². The highest BCUT2D eigenvalue weighted by atomic mass is 16.2. The van der Waals surface area contributed by atoms with Gasteiger partial charge in [0, 0.05) is 31.6 Å². The summed E-state index contributed by atoms with van der Waals surface area (Å²) in [5, 5.41) is 3.43. The maximum absolute atomic E-state index is 12.4. The van der Waals surface area contributed by atoms with Gasteiger partial charge in [-0.1, -0.05) is 13.8 Å². The van der Waals surface area contributed by atoms with Gasteiger partial charge >= 0.3 is 0 Å². The van der Waals surface area contributed by atoms with Crippen molar-refractivity contribution in [1.82, 2.24) is 10.2 Å². The molecule has 2 aliphatic rings. The Labute approximate surface area is 98.6 Å². The van der Waals surface area contributed by atoms with Crippen LogP contribution in [0, 0.1) is 11.8 Å². The molecule has 1 amide bonds. The summed E-state index contributed by atoms with van der Waals surface area (Å²) in [6, 6.07) is 0.488. The molecule has 0 aromatic heterocycles. The van der Waals surface area contributed by atoms with Crippen molar-refractivity contribution in [2.45, 2.75) is 45.6 Å². The fourth-order valence-corrected chi connectivity index (χ4v) is 3.21. The molecule has 0 aromatic rings. The highest BCUT2D eigenvalue weighted by Crippen LogP contribution is 2.28. The summed E-state index contributed by atoms with van der Waals surface area (Å²) in [6.07, 6.45) is 4.45. The normalized spacial score (nSPS) is 29.6. The number of nitrogens with zero attached hydrogens (tertiary/aromatic N) is 1. The van der Waals surface area contributed by atoms with Crippen molar-refractivity contribution < 1.29 is 4.79 Å². The molecule has 0 aliphatic carbocycles. The molecule has 2 aliphatic heterocycles. The van der Waals surface area contributed by atoms with Gasteiger partial charge in [0.25, 0.3) is 0 Å². The van der Waals surface area contributed by atoms with E-state index in [2.05, 4.69) is 24.1 Å². The van der Waals surface area contributed by atoms with Gasteiger partial charge < -0.3 is 10.2 Å². The number of nitrogens with one attached hydrogen (secondary N) is 1. The molecule has 2 saturated heterocycles. The van der Waals surface area contributed by atoms with E-state index in [1.54, 1.807) is 0 Å². The minimum Gasteiger partial charge on any atom is -0.338 e. The Hall–Kier alpha value is -0.570. The van der Waals surface area contributed by atoms with E-state index in [4.69, 9.17) is 0 Å². The van der Waals surface area contributed by atoms with Crippen LogP contribution in [0.2, 0.25) is 0 Å². The fourth-order valence-electron chi connectivity index (χ4n) is 3.21. The van der Waals surface area contributed by atoms with Crippen LogP contribution in [0.5, 0.6) is 0 Å². The summed E-state index contributed by atoms with van der Waals surface area (Å²) in [5.74, 6) is 1.37. The average molecular weight is 224 g/mol. The van der Waals surface area contributed by atoms with Crippen molar-refractivity contribution in [3.05, 3.63) is 0 Å². The Morgan fingerprint density at radius 2 is 2.12 bits per heavy atom. The number of piperidine rings is 1. The van der Waals surface area contributed by atoms with E-state index in [1.807, 2.05) is 0 Å². The van der Waals surface area contributed by atoms with Crippen LogP contribution in [0.4, 0.5) is 0 Å². The Kier molecular flexibility index (Phi) is 3.85. The molecule has 0 aromatic carbocycles. The Balaban J connectivity index is 2.04. The highest BCUT2D eigenvalue weighted by molar-refractivity contribution is 5.79. The van der Waals surface area contributed by atoms with Crippen LogP contribution in [0.15, 0.2) is 0 Å². The molecular weight excluding hydrogens is 200 g/mol. The summed E-state index contributed by atoms with van der Waals surface area (Å²) in [7, 11) is 0. The van der Waals surface area contributed by atoms with Gasteiger partial charge in [0.05, 0.1) is 0 Å². The number of hydrogen-bond donors (Lipinski definition) is 1. The largest absolute Gasteiger partial charge is 0.338 e. The molecular formula is C13H24N2O. The molecule has 0 spiro atoms. The van der Waals surface area contributed by atoms with E-state index < -0.39 is 0 Å². The minimum atomic E-state index is 0.249. The van der Waals surface area contributed by atoms with E-state index in [-0.39, 0.29) is 5.92 Å². The molecule has 2 atom stereocenters. The molecule has 3 nitrogen and oxygen atoms in total. The van der Waals surface area contributed by atoms with Crippen molar-refractivity contribution in [3.8, 4) is 0 Å². The molecule has 92 valence electrons. The van der Waals surface area contributed by atoms with Gasteiger partial charge in [-0.05, 0) is 31.6 Å². The maximum Gasteiger partial charge on any atom is 0.225 e. The fraction of sp³-hybridized carbons (Fsp3) is 0.923. The molecule has 0 saturated carbocycles. The smallest absolute Gasteiger partial charge is 0.225 e. The maximum atomic E-state index is 12.4. The van der Waals surface area contributed by atoms with Crippen LogP contribution in [-0.4, -0.2) is 36.5 Å². The third-order valence-electron chi connectivity index (χ3n) is 4.30. The lowest BCUT2D eigenvalue weighted by atomic mass is 9.90. The summed E-state index contributed by atoms with van der Waals surface area (Å²) < 4.78 is 0. The van der Waals surface area contributed by atoms with Crippen LogP contribution < -0.4 is 5.32 Å². The SMILES string of the molecule is CCC(CC)C(=O)N1CCCC2CNCC21. The predicted molar refractivity (Wildman–Crippen MR) is 65.2 cm³/mol. The lowest BCUT2D eigenvalue weighted by molar-refractivity contribution is -0.140. The number of rotatable bonds is 3. The van der Waals surface area contributed by atoms with Gasteiger partial charge in [-0.2, -0.15) is 0 Å². The second-order valence-corrected chi connectivity index (χ2v) is 5.17. The zero-order chi connectivity index (χ0) is 11.5. The molecule has 2 heterocycles. The Bertz CT molecular complexity index is 250. The Morgan fingerprint density at radius 1 is 1.38 bits per heavy atom. The highest BCUT2D eigenvalue weighted by Gasteiger charge is 2.38. The Morgan fingerprint density at radius 3 is 2.81 bits per heavy atom. The van der Waals surface area contributed by atoms with E-state index >= 15 is 0 Å². The summed E-state index contributed by atoms with van der Waals surface area (Å²) in [5.41, 5.74) is 0. The predicted octanol–water partition coefficient (Wildman–Crippen LogP) is 1.63. The second kappa shape index (κ2) is 5.17. The van der Waals surface area contributed by atoms with Gasteiger partial charge in [0.15, 0.2) is 0 Å². The molecule has 0 bridgehead atoms. The molecule has 16 heavy (non-hydrogen) atoms. The van der Waals surface area contributed by atoms with E-state index in [0.717, 1.165) is 32.5 Å². The first kappa shape index (κ1) is 11.9. The van der Waals surface area contributed by atoms with Gasteiger partial charge in [-0.3, -0.25) is 4.79 Å². The van der Waals surface area contributed by atoms with Gasteiger partial charge in [-0.15, -0.1) is 0 Å². The second-order valence-electron chi connectivity index (χ2n) is 5.17. The first-order chi connectivity index (χ1) is 7.77. The zero-order valence-corrected chi connectivity index (χ0v) is 10.5. The molecule has 0 radical (unpaired) electrons. The van der Waals surface area contributed by atoms with Crippen molar-refractivity contribution in [2.75, 3.05) is 19.6 Å². The first-order valence-electron chi connectivity index (χ1n) is 6.79. The van der Waals surface area contributed by atoms with Crippen LogP contribution in [-0.2, 0) is 4.79 Å². The number of hydrogen-bond acceptors (Lipinski definition) is 2. The molecule has 1 N–H and O–H groups in total. The topological polar surface area (TPSA) is 32.3 Å². The number of fused-ring (bicyclic) bond motifs is 1. The van der Waals surface area contributed by atoms with Crippen LogP contribution in [0.1, 0.15) is 39.5 Å². The van der Waals surface area contributed by atoms with Crippen LogP contribution in [0.25, 0.3) is 0 Å². The van der Waals surface area contributed by atoms with Gasteiger partial charge in [-0.25, -0.2) is 0 Å². The molecule has 2 unspecified atom stereocenters. The van der Waals surface area contributed by atoms with Gasteiger partial charge in [0.2, 0.25) is 5.91 Å². The summed E-state index contributed by atoms with van der Waals surface area (Å²) in [4.78, 5) is 14.6. The van der Waals surface area contributed by atoms with Crippen molar-refractivity contribution in [1.29, 1.82) is 0 Å². The minimum absolute atomic E-state index is 0.249. The third-order valence-corrected chi connectivity index (χ3v) is 4.30. The number of amides is 1. The third kappa shape index (κ3) is 2.10. The quantitative estimate of drug-likeness (QED) is 0.790.